The number of carbonyl (C=O) groups excluding carboxylic acids is 1. The zero-order valence-electron chi connectivity index (χ0n) is 14.3. The van der Waals surface area contributed by atoms with Gasteiger partial charge in [0.2, 0.25) is 0 Å². The lowest BCUT2D eigenvalue weighted by Crippen LogP contribution is -2.46. The summed E-state index contributed by atoms with van der Waals surface area (Å²) in [6.45, 7) is 0. The number of hydrogen-bond donors (Lipinski definition) is 3. The molecule has 26 heavy (non-hydrogen) atoms. The van der Waals surface area contributed by atoms with Gasteiger partial charge in [-0.3, -0.25) is 0 Å². The highest BCUT2D eigenvalue weighted by atomic mass is 16.5. The zero-order chi connectivity index (χ0) is 18.4. The molecule has 0 aromatic heterocycles. The van der Waals surface area contributed by atoms with Crippen LogP contribution in [0.4, 0.5) is 10.5 Å². The molecule has 0 saturated heterocycles. The number of carbonyl (C=O) groups is 1. The van der Waals surface area contributed by atoms with E-state index < -0.39 is 6.10 Å². The van der Waals surface area contributed by atoms with E-state index in [4.69, 9.17) is 10.00 Å². The Kier molecular flexibility index (Phi) is 5.72. The minimum atomic E-state index is -0.481. The van der Waals surface area contributed by atoms with Crippen LogP contribution in [0.5, 0.6) is 11.5 Å². The van der Waals surface area contributed by atoms with Gasteiger partial charge < -0.3 is 20.5 Å². The molecule has 1 fully saturated rings. The van der Waals surface area contributed by atoms with Crippen molar-refractivity contribution in [3.05, 3.63) is 54.1 Å². The van der Waals surface area contributed by atoms with E-state index in [0.29, 0.717) is 22.7 Å². The molecule has 2 atom stereocenters. The SMILES string of the molecule is N#Cc1ccccc1Oc1ccc(NC(=O)NC2CCCCC2O)cc1. The predicted octanol–water partition coefficient (Wildman–Crippen LogP) is 3.78. The van der Waals surface area contributed by atoms with Crippen molar-refractivity contribution in [2.45, 2.75) is 37.8 Å². The maximum atomic E-state index is 12.1. The number of para-hydroxylation sites is 1. The van der Waals surface area contributed by atoms with Gasteiger partial charge in [-0.1, -0.05) is 25.0 Å². The van der Waals surface area contributed by atoms with Crippen LogP contribution < -0.4 is 15.4 Å². The highest BCUT2D eigenvalue weighted by Crippen LogP contribution is 2.26. The molecule has 1 saturated carbocycles. The van der Waals surface area contributed by atoms with Gasteiger partial charge in [0.25, 0.3) is 0 Å². The quantitative estimate of drug-likeness (QED) is 0.781. The van der Waals surface area contributed by atoms with Gasteiger partial charge in [-0.15, -0.1) is 0 Å². The van der Waals surface area contributed by atoms with Gasteiger partial charge in [0, 0.05) is 5.69 Å². The lowest BCUT2D eigenvalue weighted by molar-refractivity contribution is 0.0955. The highest BCUT2D eigenvalue weighted by molar-refractivity contribution is 5.89. The normalized spacial score (nSPS) is 19.2. The summed E-state index contributed by atoms with van der Waals surface area (Å²) in [6, 6.07) is 15.4. The molecule has 0 heterocycles. The number of rotatable bonds is 4. The Morgan fingerprint density at radius 1 is 1.12 bits per heavy atom. The minimum absolute atomic E-state index is 0.200. The maximum absolute atomic E-state index is 12.1. The molecule has 134 valence electrons. The number of aliphatic hydroxyl groups is 1. The van der Waals surface area contributed by atoms with Crippen LogP contribution >= 0.6 is 0 Å². The van der Waals surface area contributed by atoms with Crippen LogP contribution in [0, 0.1) is 11.3 Å². The second kappa shape index (κ2) is 8.37. The van der Waals surface area contributed by atoms with Crippen molar-refractivity contribution in [1.29, 1.82) is 5.26 Å². The molecular formula is C20H21N3O3. The summed E-state index contributed by atoms with van der Waals surface area (Å²) >= 11 is 0. The number of anilines is 1. The average Bonchev–Trinajstić information content (AvgIpc) is 2.66. The van der Waals surface area contributed by atoms with Crippen LogP contribution in [0.2, 0.25) is 0 Å². The van der Waals surface area contributed by atoms with E-state index >= 15 is 0 Å². The van der Waals surface area contributed by atoms with Gasteiger partial charge in [0.05, 0.1) is 17.7 Å². The zero-order valence-corrected chi connectivity index (χ0v) is 14.3. The second-order valence-electron chi connectivity index (χ2n) is 6.29. The largest absolute Gasteiger partial charge is 0.456 e. The number of nitriles is 1. The molecule has 2 aromatic carbocycles. The maximum Gasteiger partial charge on any atom is 0.319 e. The van der Waals surface area contributed by atoms with Crippen LogP contribution in [0.25, 0.3) is 0 Å². The molecule has 6 heteroatoms. The predicted molar refractivity (Wildman–Crippen MR) is 98.1 cm³/mol. The Balaban J connectivity index is 1.57. The number of amides is 2. The molecule has 0 spiro atoms. The number of aliphatic hydroxyl groups excluding tert-OH is 1. The van der Waals surface area contributed by atoms with Crippen LogP contribution in [-0.2, 0) is 0 Å². The lowest BCUT2D eigenvalue weighted by Gasteiger charge is -2.28. The third-order valence-corrected chi connectivity index (χ3v) is 4.39. The molecule has 2 unspecified atom stereocenters. The van der Waals surface area contributed by atoms with E-state index in [2.05, 4.69) is 16.7 Å². The van der Waals surface area contributed by atoms with Crippen molar-refractivity contribution in [2.24, 2.45) is 0 Å². The molecular weight excluding hydrogens is 330 g/mol. The lowest BCUT2D eigenvalue weighted by atomic mass is 9.93. The summed E-state index contributed by atoms with van der Waals surface area (Å²) in [5.74, 6) is 1.06. The molecule has 0 bridgehead atoms. The number of hydrogen-bond acceptors (Lipinski definition) is 4. The number of ether oxygens (including phenoxy) is 1. The number of urea groups is 1. The summed E-state index contributed by atoms with van der Waals surface area (Å²) < 4.78 is 5.71. The fourth-order valence-corrected chi connectivity index (χ4v) is 3.00. The Morgan fingerprint density at radius 3 is 2.58 bits per heavy atom. The van der Waals surface area contributed by atoms with Gasteiger partial charge in [-0.05, 0) is 49.2 Å². The molecule has 0 aliphatic heterocycles. The second-order valence-corrected chi connectivity index (χ2v) is 6.29. The van der Waals surface area contributed by atoms with Crippen LogP contribution in [0.3, 0.4) is 0 Å². The molecule has 3 N–H and O–H groups in total. The third-order valence-electron chi connectivity index (χ3n) is 4.39. The smallest absolute Gasteiger partial charge is 0.319 e. The summed E-state index contributed by atoms with van der Waals surface area (Å²) in [5.41, 5.74) is 1.08. The molecule has 2 amide bonds. The van der Waals surface area contributed by atoms with E-state index in [1.807, 2.05) is 0 Å². The van der Waals surface area contributed by atoms with Gasteiger partial charge in [-0.25, -0.2) is 4.79 Å². The topological polar surface area (TPSA) is 94.4 Å². The first-order valence-corrected chi connectivity index (χ1v) is 8.68. The van der Waals surface area contributed by atoms with Crippen molar-refractivity contribution >= 4 is 11.7 Å². The highest BCUT2D eigenvalue weighted by Gasteiger charge is 2.24. The van der Waals surface area contributed by atoms with Crippen molar-refractivity contribution in [3.63, 3.8) is 0 Å². The Labute approximate surface area is 152 Å². The molecule has 1 aliphatic carbocycles. The summed E-state index contributed by atoms with van der Waals surface area (Å²) in [4.78, 5) is 12.1. The fourth-order valence-electron chi connectivity index (χ4n) is 3.00. The summed E-state index contributed by atoms with van der Waals surface area (Å²) in [7, 11) is 0. The van der Waals surface area contributed by atoms with Gasteiger partial charge >= 0.3 is 6.03 Å². The van der Waals surface area contributed by atoms with Crippen LogP contribution in [0.1, 0.15) is 31.2 Å². The van der Waals surface area contributed by atoms with Crippen molar-refractivity contribution in [2.75, 3.05) is 5.32 Å². The Bertz CT molecular complexity index is 799. The van der Waals surface area contributed by atoms with E-state index in [0.717, 1.165) is 25.7 Å². The minimum Gasteiger partial charge on any atom is -0.456 e. The van der Waals surface area contributed by atoms with E-state index in [1.165, 1.54) is 0 Å². The first-order chi connectivity index (χ1) is 12.7. The van der Waals surface area contributed by atoms with Gasteiger partial charge in [-0.2, -0.15) is 5.26 Å². The molecule has 0 radical (unpaired) electrons. The van der Waals surface area contributed by atoms with E-state index in [1.54, 1.807) is 48.5 Å². The van der Waals surface area contributed by atoms with Crippen LogP contribution in [-0.4, -0.2) is 23.3 Å². The standard InChI is InChI=1S/C20H21N3O3/c21-13-14-5-1-4-8-19(14)26-16-11-9-15(10-12-16)22-20(25)23-17-6-2-3-7-18(17)24/h1,4-5,8-12,17-18,24H,2-3,6-7H2,(H2,22,23,25). The monoisotopic (exact) mass is 351 g/mol. The summed E-state index contributed by atoms with van der Waals surface area (Å²) in [6.07, 6.45) is 3.04. The first-order valence-electron chi connectivity index (χ1n) is 8.68. The molecule has 2 aromatic rings. The van der Waals surface area contributed by atoms with Crippen molar-refractivity contribution < 1.29 is 14.6 Å². The van der Waals surface area contributed by atoms with E-state index in [-0.39, 0.29) is 12.1 Å². The number of nitrogens with zero attached hydrogens (tertiary/aromatic N) is 1. The van der Waals surface area contributed by atoms with Gasteiger partial charge in [0.1, 0.15) is 17.6 Å². The molecule has 1 aliphatic rings. The Hall–Kier alpha value is -3.04. The number of nitrogens with one attached hydrogen (secondary N) is 2. The third kappa shape index (κ3) is 4.52. The molecule has 6 nitrogen and oxygen atoms in total. The molecule has 3 rings (SSSR count). The van der Waals surface area contributed by atoms with Gasteiger partial charge in [0.15, 0.2) is 0 Å². The van der Waals surface area contributed by atoms with Crippen molar-refractivity contribution in [3.8, 4) is 17.6 Å². The first kappa shape index (κ1) is 17.8. The van der Waals surface area contributed by atoms with E-state index in [9.17, 15) is 9.90 Å². The number of benzene rings is 2. The summed E-state index contributed by atoms with van der Waals surface area (Å²) in [5, 5.41) is 24.6. The average molecular weight is 351 g/mol. The van der Waals surface area contributed by atoms with Crippen molar-refractivity contribution in [1.82, 2.24) is 5.32 Å². The van der Waals surface area contributed by atoms with Crippen LogP contribution in [0.15, 0.2) is 48.5 Å². The Morgan fingerprint density at radius 2 is 1.85 bits per heavy atom. The fraction of sp³-hybridized carbons (Fsp3) is 0.300.